The molecule has 1 aliphatic heterocycles. The van der Waals surface area contributed by atoms with Crippen LogP contribution in [0, 0.1) is 10.1 Å². The molecule has 0 atom stereocenters. The van der Waals surface area contributed by atoms with E-state index >= 15 is 0 Å². The monoisotopic (exact) mass is 442 g/mol. The van der Waals surface area contributed by atoms with Gasteiger partial charge in [0.05, 0.1) is 0 Å². The second-order valence-corrected chi connectivity index (χ2v) is 7.00. The number of benzene rings is 1. The molecule has 0 aromatic heterocycles. The molecule has 7 heteroatoms. The molecule has 0 bridgehead atoms. The molecular formula is C20H31BrN2O4. The van der Waals surface area contributed by atoms with Crippen LogP contribution in [-0.4, -0.2) is 42.0 Å². The largest absolute Gasteiger partial charge is 0.454 e. The molecule has 0 N–H and O–H groups in total. The van der Waals surface area contributed by atoms with E-state index in [1.54, 1.807) is 0 Å². The number of piperidine rings is 1. The molecule has 0 saturated carbocycles. The lowest BCUT2D eigenvalue weighted by molar-refractivity contribution is -0.480. The molecule has 1 saturated heterocycles. The summed E-state index contributed by atoms with van der Waals surface area (Å²) >= 11 is 0. The lowest BCUT2D eigenvalue weighted by Gasteiger charge is -2.41. The molecule has 0 aliphatic carbocycles. The van der Waals surface area contributed by atoms with Gasteiger partial charge in [0.15, 0.2) is 0 Å². The number of unbranched alkanes of at least 4 members (excludes halogenated alkanes) is 3. The van der Waals surface area contributed by atoms with Crippen molar-refractivity contribution in [3.8, 4) is 0 Å². The van der Waals surface area contributed by atoms with Gasteiger partial charge in [-0.05, 0) is 24.9 Å². The Hall–Kier alpha value is -1.47. The van der Waals surface area contributed by atoms with Gasteiger partial charge in [0.1, 0.15) is 5.60 Å². The smallest absolute Gasteiger partial charge is 0.306 e. The minimum Gasteiger partial charge on any atom is -0.454 e. The Labute approximate surface area is 172 Å². The van der Waals surface area contributed by atoms with Crippen LogP contribution in [0.2, 0.25) is 0 Å². The number of hydrogen-bond acceptors (Lipinski definition) is 5. The van der Waals surface area contributed by atoms with Crippen LogP contribution in [-0.2, 0) is 15.1 Å². The van der Waals surface area contributed by atoms with E-state index in [9.17, 15) is 14.9 Å². The molecule has 1 aliphatic rings. The topological polar surface area (TPSA) is 72.7 Å². The summed E-state index contributed by atoms with van der Waals surface area (Å²) in [6, 6.07) is 10.1. The lowest BCUT2D eigenvalue weighted by atomic mass is 9.84. The van der Waals surface area contributed by atoms with Gasteiger partial charge in [0.2, 0.25) is 6.54 Å². The van der Waals surface area contributed by atoms with E-state index in [0.717, 1.165) is 57.3 Å². The quantitative estimate of drug-likeness (QED) is 0.233. The van der Waals surface area contributed by atoms with Crippen molar-refractivity contribution in [2.24, 2.45) is 0 Å². The van der Waals surface area contributed by atoms with E-state index in [1.807, 2.05) is 37.3 Å². The average Bonchev–Trinajstić information content (AvgIpc) is 2.66. The normalized spacial score (nSPS) is 16.3. The molecule has 1 heterocycles. The lowest BCUT2D eigenvalue weighted by Crippen LogP contribution is -2.45. The third kappa shape index (κ3) is 7.58. The maximum atomic E-state index is 12.0. The molecule has 27 heavy (non-hydrogen) atoms. The number of nitro groups is 1. The Balaban J connectivity index is 0.00000364. The van der Waals surface area contributed by atoms with Crippen LogP contribution in [0.4, 0.5) is 0 Å². The number of ether oxygens (including phenoxy) is 1. The van der Waals surface area contributed by atoms with Crippen molar-refractivity contribution >= 4 is 23.0 Å². The first kappa shape index (κ1) is 23.6. The Morgan fingerprint density at radius 2 is 1.78 bits per heavy atom. The van der Waals surface area contributed by atoms with Crippen molar-refractivity contribution in [3.05, 3.63) is 46.0 Å². The van der Waals surface area contributed by atoms with Crippen molar-refractivity contribution in [1.82, 2.24) is 4.90 Å². The Bertz CT molecular complexity index is 575. The summed E-state index contributed by atoms with van der Waals surface area (Å²) in [7, 11) is 0. The van der Waals surface area contributed by atoms with Crippen LogP contribution in [0.5, 0.6) is 0 Å². The first-order chi connectivity index (χ1) is 12.6. The zero-order chi connectivity index (χ0) is 18.8. The first-order valence-electron chi connectivity index (χ1n) is 9.67. The molecule has 152 valence electrons. The summed E-state index contributed by atoms with van der Waals surface area (Å²) in [5.41, 5.74) is 0.581. The number of carbonyl (C=O) groups excluding carboxylic acids is 1. The number of hydrogen-bond donors (Lipinski definition) is 0. The van der Waals surface area contributed by atoms with Gasteiger partial charge in [0.25, 0.3) is 0 Å². The molecule has 0 radical (unpaired) electrons. The third-order valence-electron chi connectivity index (χ3n) is 5.13. The fourth-order valence-electron chi connectivity index (χ4n) is 3.55. The van der Waals surface area contributed by atoms with Crippen molar-refractivity contribution < 1.29 is 14.5 Å². The number of esters is 1. The van der Waals surface area contributed by atoms with E-state index in [4.69, 9.17) is 4.74 Å². The van der Waals surface area contributed by atoms with Gasteiger partial charge in [-0.2, -0.15) is 0 Å². The maximum absolute atomic E-state index is 12.0. The highest BCUT2D eigenvalue weighted by atomic mass is 79.9. The third-order valence-corrected chi connectivity index (χ3v) is 5.13. The van der Waals surface area contributed by atoms with Gasteiger partial charge < -0.3 is 9.64 Å². The average molecular weight is 443 g/mol. The maximum Gasteiger partial charge on any atom is 0.306 e. The standard InChI is InChI=1S/C20H30N2O4.BrH/c1-2-19(23)26-20(18-10-6-5-7-11-18)12-16-21(17-13-20)14-8-3-4-9-15-22(24)25;/h5-7,10-11H,2-4,8-9,12-17H2,1H3;1H. The summed E-state index contributed by atoms with van der Waals surface area (Å²) in [6.07, 6.45) is 5.67. The molecule has 6 nitrogen and oxygen atoms in total. The molecule has 1 aromatic rings. The summed E-state index contributed by atoms with van der Waals surface area (Å²) < 4.78 is 5.91. The van der Waals surface area contributed by atoms with Crippen LogP contribution in [0.3, 0.4) is 0 Å². The van der Waals surface area contributed by atoms with Crippen molar-refractivity contribution in [1.29, 1.82) is 0 Å². The van der Waals surface area contributed by atoms with Gasteiger partial charge in [-0.25, -0.2) is 0 Å². The van der Waals surface area contributed by atoms with Crippen molar-refractivity contribution in [3.63, 3.8) is 0 Å². The minimum atomic E-state index is -0.503. The first-order valence-corrected chi connectivity index (χ1v) is 9.67. The summed E-state index contributed by atoms with van der Waals surface area (Å²) in [5.74, 6) is -0.145. The van der Waals surface area contributed by atoms with E-state index < -0.39 is 5.60 Å². The van der Waals surface area contributed by atoms with E-state index in [-0.39, 0.29) is 34.4 Å². The molecule has 2 rings (SSSR count). The SMILES string of the molecule is Br.CCC(=O)OC1(c2ccccc2)CCN(CCCCCC[N+](=O)[O-])CC1. The molecule has 0 unspecified atom stereocenters. The number of carbonyl (C=O) groups is 1. The van der Waals surface area contributed by atoms with Gasteiger partial charge in [0, 0.05) is 43.7 Å². The number of halogens is 1. The Morgan fingerprint density at radius 1 is 1.15 bits per heavy atom. The zero-order valence-electron chi connectivity index (χ0n) is 16.1. The Morgan fingerprint density at radius 3 is 2.37 bits per heavy atom. The van der Waals surface area contributed by atoms with Crippen molar-refractivity contribution in [2.45, 2.75) is 57.5 Å². The summed E-state index contributed by atoms with van der Waals surface area (Å²) in [4.78, 5) is 24.5. The van der Waals surface area contributed by atoms with Crippen LogP contribution in [0.1, 0.15) is 57.4 Å². The second-order valence-electron chi connectivity index (χ2n) is 7.00. The van der Waals surface area contributed by atoms with Crippen LogP contribution in [0.25, 0.3) is 0 Å². The number of rotatable bonds is 10. The van der Waals surface area contributed by atoms with E-state index in [0.29, 0.717) is 12.8 Å². The van der Waals surface area contributed by atoms with E-state index in [1.165, 1.54) is 0 Å². The number of likely N-dealkylation sites (tertiary alicyclic amines) is 1. The fraction of sp³-hybridized carbons (Fsp3) is 0.650. The summed E-state index contributed by atoms with van der Waals surface area (Å²) in [5, 5.41) is 10.3. The van der Waals surface area contributed by atoms with Crippen molar-refractivity contribution in [2.75, 3.05) is 26.2 Å². The van der Waals surface area contributed by atoms with Gasteiger partial charge in [-0.15, -0.1) is 17.0 Å². The fourth-order valence-corrected chi connectivity index (χ4v) is 3.55. The van der Waals surface area contributed by atoms with Crippen LogP contribution < -0.4 is 0 Å². The second kappa shape index (κ2) is 12.1. The Kier molecular flexibility index (Phi) is 10.5. The highest BCUT2D eigenvalue weighted by Gasteiger charge is 2.39. The highest BCUT2D eigenvalue weighted by molar-refractivity contribution is 8.93. The predicted molar refractivity (Wildman–Crippen MR) is 111 cm³/mol. The molecule has 0 amide bonds. The van der Waals surface area contributed by atoms with Crippen LogP contribution in [0.15, 0.2) is 30.3 Å². The minimum absolute atomic E-state index is 0. The molecule has 1 fully saturated rings. The molecule has 1 aromatic carbocycles. The molecular weight excluding hydrogens is 412 g/mol. The van der Waals surface area contributed by atoms with Crippen LogP contribution >= 0.6 is 17.0 Å². The van der Waals surface area contributed by atoms with Gasteiger partial charge in [-0.3, -0.25) is 14.9 Å². The van der Waals surface area contributed by atoms with Gasteiger partial charge >= 0.3 is 5.97 Å². The van der Waals surface area contributed by atoms with E-state index in [2.05, 4.69) is 4.90 Å². The summed E-state index contributed by atoms with van der Waals surface area (Å²) in [6.45, 7) is 4.72. The molecule has 0 spiro atoms. The highest BCUT2D eigenvalue weighted by Crippen LogP contribution is 2.37. The predicted octanol–water partition coefficient (Wildman–Crippen LogP) is 4.35. The number of nitrogens with zero attached hydrogens (tertiary/aromatic N) is 2. The van der Waals surface area contributed by atoms with Gasteiger partial charge in [-0.1, -0.05) is 43.7 Å². The zero-order valence-corrected chi connectivity index (χ0v) is 17.8.